The molecule has 2 saturated heterocycles. The second-order valence-electron chi connectivity index (χ2n) is 7.02. The molecule has 1 aromatic rings. The van der Waals surface area contributed by atoms with E-state index < -0.39 is 17.0 Å². The summed E-state index contributed by atoms with van der Waals surface area (Å²) in [6.45, 7) is 2.28. The predicted octanol–water partition coefficient (Wildman–Crippen LogP) is 1.34. The lowest BCUT2D eigenvalue weighted by atomic mass is 9.95. The number of nitrogens with zero attached hydrogens (tertiary/aromatic N) is 4. The van der Waals surface area contributed by atoms with E-state index in [0.29, 0.717) is 12.4 Å². The first-order chi connectivity index (χ1) is 10.4. The van der Waals surface area contributed by atoms with E-state index in [2.05, 4.69) is 27.3 Å². The maximum Gasteiger partial charge on any atom is 0.396 e. The van der Waals surface area contributed by atoms with Gasteiger partial charge in [0.15, 0.2) is 5.82 Å². The number of halogens is 3. The summed E-state index contributed by atoms with van der Waals surface area (Å²) in [5, 5.41) is 7.35. The summed E-state index contributed by atoms with van der Waals surface area (Å²) in [5.41, 5.74) is -2.60. The molecule has 3 heterocycles. The Labute approximate surface area is 126 Å². The fraction of sp³-hybridized carbons (Fsp3) is 0.857. The van der Waals surface area contributed by atoms with E-state index in [9.17, 15) is 13.2 Å². The highest BCUT2D eigenvalue weighted by Crippen LogP contribution is 2.72. The molecule has 0 unspecified atom stereocenters. The van der Waals surface area contributed by atoms with Crippen LogP contribution in [0.1, 0.15) is 31.1 Å². The van der Waals surface area contributed by atoms with Gasteiger partial charge in [-0.1, -0.05) is 0 Å². The van der Waals surface area contributed by atoms with Gasteiger partial charge >= 0.3 is 6.18 Å². The molecule has 5 nitrogen and oxygen atoms in total. The second-order valence-corrected chi connectivity index (χ2v) is 7.02. The van der Waals surface area contributed by atoms with Crippen LogP contribution in [0.25, 0.3) is 0 Å². The lowest BCUT2D eigenvalue weighted by Crippen LogP contribution is -2.33. The van der Waals surface area contributed by atoms with E-state index in [4.69, 9.17) is 0 Å². The van der Waals surface area contributed by atoms with Crippen molar-refractivity contribution in [1.29, 1.82) is 0 Å². The number of aromatic nitrogens is 3. The van der Waals surface area contributed by atoms with Crippen LogP contribution in [0.2, 0.25) is 0 Å². The molecule has 1 saturated carbocycles. The Balaban J connectivity index is 1.58. The Morgan fingerprint density at radius 2 is 2.00 bits per heavy atom. The zero-order valence-electron chi connectivity index (χ0n) is 12.5. The van der Waals surface area contributed by atoms with Crippen molar-refractivity contribution in [2.45, 2.75) is 36.9 Å². The Morgan fingerprint density at radius 3 is 2.64 bits per heavy atom. The first kappa shape index (κ1) is 14.4. The number of rotatable bonds is 2. The van der Waals surface area contributed by atoms with Crippen LogP contribution < -0.4 is 5.32 Å². The molecular weight excluding hydrogens is 295 g/mol. The Hall–Kier alpha value is -1.15. The third-order valence-electron chi connectivity index (χ3n) is 5.79. The minimum absolute atomic E-state index is 0.0146. The van der Waals surface area contributed by atoms with Gasteiger partial charge < -0.3 is 10.2 Å². The molecule has 1 aliphatic carbocycles. The maximum absolute atomic E-state index is 13.4. The van der Waals surface area contributed by atoms with Crippen LogP contribution in [0, 0.1) is 5.41 Å². The van der Waals surface area contributed by atoms with Crippen LogP contribution in [-0.2, 0) is 5.41 Å². The van der Waals surface area contributed by atoms with E-state index in [-0.39, 0.29) is 19.0 Å². The van der Waals surface area contributed by atoms with Crippen molar-refractivity contribution in [3.8, 4) is 0 Å². The highest BCUT2D eigenvalue weighted by molar-refractivity contribution is 5.36. The largest absolute Gasteiger partial charge is 0.396 e. The van der Waals surface area contributed by atoms with Crippen molar-refractivity contribution in [3.63, 3.8) is 0 Å². The molecule has 1 N–H and O–H groups in total. The van der Waals surface area contributed by atoms with Gasteiger partial charge in [-0.2, -0.15) is 18.3 Å². The molecule has 122 valence electrons. The van der Waals surface area contributed by atoms with E-state index in [1.54, 1.807) is 11.0 Å². The number of alkyl halides is 3. The molecular formula is C14H20F3N5. The molecule has 0 aromatic carbocycles. The van der Waals surface area contributed by atoms with Crippen LogP contribution in [0.5, 0.6) is 0 Å². The number of fused-ring (bicyclic) bond motifs is 1. The predicted molar refractivity (Wildman–Crippen MR) is 73.4 cm³/mol. The zero-order chi connectivity index (χ0) is 15.6. The summed E-state index contributed by atoms with van der Waals surface area (Å²) < 4.78 is 42.0. The van der Waals surface area contributed by atoms with E-state index >= 15 is 0 Å². The van der Waals surface area contributed by atoms with Gasteiger partial charge in [0, 0.05) is 13.1 Å². The minimum atomic E-state index is -4.20. The molecule has 3 aliphatic rings. The molecule has 4 rings (SSSR count). The highest BCUT2D eigenvalue weighted by Gasteiger charge is 2.83. The highest BCUT2D eigenvalue weighted by atomic mass is 19.4. The molecule has 22 heavy (non-hydrogen) atoms. The number of hydrogen-bond donors (Lipinski definition) is 1. The van der Waals surface area contributed by atoms with Gasteiger partial charge in [-0.3, -0.25) is 0 Å². The topological polar surface area (TPSA) is 46.0 Å². The molecule has 3 fully saturated rings. The second kappa shape index (κ2) is 4.44. The van der Waals surface area contributed by atoms with Gasteiger partial charge in [-0.15, -0.1) is 0 Å². The molecule has 0 spiro atoms. The number of hydrogen-bond acceptors (Lipinski definition) is 4. The quantitative estimate of drug-likeness (QED) is 0.895. The smallest absolute Gasteiger partial charge is 0.315 e. The summed E-state index contributed by atoms with van der Waals surface area (Å²) in [6, 6.07) is 0.252. The fourth-order valence-electron chi connectivity index (χ4n) is 4.20. The first-order valence-corrected chi connectivity index (χ1v) is 7.76. The monoisotopic (exact) mass is 315 g/mol. The Kier molecular flexibility index (Phi) is 2.92. The summed E-state index contributed by atoms with van der Waals surface area (Å²) in [5.74, 6) is 0.369. The lowest BCUT2D eigenvalue weighted by Gasteiger charge is -2.28. The third-order valence-corrected chi connectivity index (χ3v) is 5.79. The molecule has 0 bridgehead atoms. The van der Waals surface area contributed by atoms with Gasteiger partial charge in [0.2, 0.25) is 0 Å². The number of piperidine rings is 2. The molecule has 1 aromatic heterocycles. The molecule has 0 amide bonds. The van der Waals surface area contributed by atoms with Gasteiger partial charge in [-0.05, 0) is 39.4 Å². The normalized spacial score (nSPS) is 36.5. The third kappa shape index (κ3) is 1.79. The van der Waals surface area contributed by atoms with Crippen molar-refractivity contribution < 1.29 is 13.2 Å². The molecule has 8 heteroatoms. The van der Waals surface area contributed by atoms with Crippen molar-refractivity contribution >= 4 is 0 Å². The van der Waals surface area contributed by atoms with E-state index in [0.717, 1.165) is 25.9 Å². The minimum Gasteiger partial charge on any atom is -0.315 e. The van der Waals surface area contributed by atoms with Crippen LogP contribution in [0.4, 0.5) is 13.2 Å². The van der Waals surface area contributed by atoms with Crippen LogP contribution >= 0.6 is 0 Å². The molecule has 2 atom stereocenters. The Morgan fingerprint density at radius 1 is 1.27 bits per heavy atom. The number of nitrogens with one attached hydrogen (secondary N) is 1. The first-order valence-electron chi connectivity index (χ1n) is 7.76. The summed E-state index contributed by atoms with van der Waals surface area (Å²) >= 11 is 0. The van der Waals surface area contributed by atoms with Crippen LogP contribution in [0.3, 0.4) is 0 Å². The van der Waals surface area contributed by atoms with Gasteiger partial charge in [-0.25, -0.2) is 9.67 Å². The van der Waals surface area contributed by atoms with Crippen LogP contribution in [-0.4, -0.2) is 59.1 Å². The summed E-state index contributed by atoms with van der Waals surface area (Å²) in [7, 11) is 2.08. The number of likely N-dealkylation sites (tertiary alicyclic amines) is 1. The van der Waals surface area contributed by atoms with E-state index in [1.165, 1.54) is 0 Å². The van der Waals surface area contributed by atoms with Crippen molar-refractivity contribution in [2.24, 2.45) is 5.41 Å². The lowest BCUT2D eigenvalue weighted by molar-refractivity contribution is -0.187. The Bertz CT molecular complexity index is 577. The summed E-state index contributed by atoms with van der Waals surface area (Å²) in [4.78, 5) is 6.52. The standard InChI is InChI=1S/C14H20F3N5/c1-21-4-2-10(3-5-21)22-9-19-11(20-22)12-6-13(12,8-18-7-12)14(15,16)17/h9-10,18H,2-8H2,1H3/t12-,13-/m0/s1. The summed E-state index contributed by atoms with van der Waals surface area (Å²) in [6.07, 6.45) is -0.523. The van der Waals surface area contributed by atoms with Gasteiger partial charge in [0.1, 0.15) is 6.33 Å². The average Bonchev–Trinajstić information content (AvgIpc) is 2.83. The maximum atomic E-state index is 13.4. The SMILES string of the molecule is CN1CCC(n2cnc([C@]34CNC[C@@]3(C(F)(F)F)C4)n2)CC1. The molecule has 2 aliphatic heterocycles. The van der Waals surface area contributed by atoms with Gasteiger partial charge in [0.05, 0.1) is 16.9 Å². The fourth-order valence-corrected chi connectivity index (χ4v) is 4.20. The van der Waals surface area contributed by atoms with Gasteiger partial charge in [0.25, 0.3) is 0 Å². The van der Waals surface area contributed by atoms with E-state index in [1.807, 2.05) is 0 Å². The average molecular weight is 315 g/mol. The van der Waals surface area contributed by atoms with Crippen molar-refractivity contribution in [2.75, 3.05) is 33.2 Å². The van der Waals surface area contributed by atoms with Crippen molar-refractivity contribution in [3.05, 3.63) is 12.2 Å². The van der Waals surface area contributed by atoms with Crippen LogP contribution in [0.15, 0.2) is 6.33 Å². The van der Waals surface area contributed by atoms with Crippen molar-refractivity contribution in [1.82, 2.24) is 25.0 Å². The zero-order valence-corrected chi connectivity index (χ0v) is 12.5. The molecule has 0 radical (unpaired) electrons.